The van der Waals surface area contributed by atoms with Gasteiger partial charge in [0.05, 0.1) is 21.4 Å². The average molecular weight is 459 g/mol. The molecule has 1 saturated heterocycles. The third-order valence-electron chi connectivity index (χ3n) is 4.11. The van der Waals surface area contributed by atoms with Gasteiger partial charge in [-0.2, -0.15) is 5.26 Å². The lowest BCUT2D eigenvalue weighted by Gasteiger charge is -2.31. The number of anilines is 2. The Bertz CT molecular complexity index is 1130. The minimum absolute atomic E-state index is 0.0884. The molecule has 1 atom stereocenters. The van der Waals surface area contributed by atoms with E-state index in [-0.39, 0.29) is 20.8 Å². The molecule has 2 N–H and O–H groups in total. The molecule has 30 heavy (non-hydrogen) atoms. The summed E-state index contributed by atoms with van der Waals surface area (Å²) in [6, 6.07) is 14.7. The number of carbonyl (C=O) groups is 3. The predicted octanol–water partition coefficient (Wildman–Crippen LogP) is 3.45. The molecule has 0 unspecified atom stereocenters. The molecule has 2 aromatic rings. The lowest BCUT2D eigenvalue weighted by molar-refractivity contribution is -0.131. The van der Waals surface area contributed by atoms with E-state index in [4.69, 9.17) is 35.4 Å². The zero-order chi connectivity index (χ0) is 21.8. The first-order valence-electron chi connectivity index (χ1n) is 8.44. The lowest BCUT2D eigenvalue weighted by Crippen LogP contribution is -2.57. The summed E-state index contributed by atoms with van der Waals surface area (Å²) in [6.07, 6.45) is 0.989. The summed E-state index contributed by atoms with van der Waals surface area (Å²) in [4.78, 5) is 38.9. The highest BCUT2D eigenvalue weighted by Gasteiger charge is 2.38. The second-order valence-electron chi connectivity index (χ2n) is 6.03. The maximum Gasteiger partial charge on any atom is 0.266 e. The second kappa shape index (κ2) is 9.05. The summed E-state index contributed by atoms with van der Waals surface area (Å²) in [5.41, 5.74) is 0.182. The Kier molecular flexibility index (Phi) is 6.47. The van der Waals surface area contributed by atoms with Gasteiger partial charge in [-0.1, -0.05) is 47.5 Å². The van der Waals surface area contributed by atoms with Crippen LogP contribution in [0, 0.1) is 17.2 Å². The predicted molar refractivity (Wildman–Crippen MR) is 117 cm³/mol. The van der Waals surface area contributed by atoms with Crippen LogP contribution in [-0.4, -0.2) is 22.8 Å². The number of rotatable bonds is 4. The van der Waals surface area contributed by atoms with E-state index in [1.54, 1.807) is 42.5 Å². The van der Waals surface area contributed by atoms with Crippen LogP contribution in [0.25, 0.3) is 0 Å². The Morgan fingerprint density at radius 3 is 2.53 bits per heavy atom. The van der Waals surface area contributed by atoms with E-state index in [0.29, 0.717) is 5.69 Å². The number of nitriles is 1. The molecule has 0 saturated carbocycles. The van der Waals surface area contributed by atoms with E-state index in [1.165, 1.54) is 12.1 Å². The molecular weight excluding hydrogens is 447 g/mol. The number of nitrogens with one attached hydrogen (secondary N) is 2. The van der Waals surface area contributed by atoms with Gasteiger partial charge in [-0.15, -0.1) is 0 Å². The fourth-order valence-corrected chi connectivity index (χ4v) is 3.32. The van der Waals surface area contributed by atoms with E-state index < -0.39 is 29.2 Å². The maximum absolute atomic E-state index is 12.9. The topological polar surface area (TPSA) is 102 Å². The summed E-state index contributed by atoms with van der Waals surface area (Å²) >= 11 is 17.1. The van der Waals surface area contributed by atoms with Gasteiger partial charge in [0.15, 0.2) is 5.11 Å². The van der Waals surface area contributed by atoms with Crippen molar-refractivity contribution in [3.63, 3.8) is 0 Å². The van der Waals surface area contributed by atoms with Gasteiger partial charge in [0.2, 0.25) is 11.8 Å². The van der Waals surface area contributed by atoms with E-state index >= 15 is 0 Å². The van der Waals surface area contributed by atoms with Crippen LogP contribution < -0.4 is 15.5 Å². The van der Waals surface area contributed by atoms with Gasteiger partial charge in [0.25, 0.3) is 5.91 Å². The lowest BCUT2D eigenvalue weighted by atomic mass is 10.0. The quantitative estimate of drug-likeness (QED) is 0.316. The second-order valence-corrected chi connectivity index (χ2v) is 7.20. The molecule has 0 bridgehead atoms. The maximum atomic E-state index is 12.9. The molecule has 7 nitrogen and oxygen atoms in total. The Hall–Kier alpha value is -3.25. The minimum atomic E-state index is -1.42. The summed E-state index contributed by atoms with van der Waals surface area (Å²) in [5, 5.41) is 14.5. The van der Waals surface area contributed by atoms with Crippen molar-refractivity contribution < 1.29 is 14.4 Å². The molecule has 3 rings (SSSR count). The number of benzene rings is 2. The first kappa shape index (κ1) is 21.5. The van der Waals surface area contributed by atoms with Gasteiger partial charge in [-0.25, -0.2) is 0 Å². The first-order valence-corrected chi connectivity index (χ1v) is 9.61. The third-order valence-corrected chi connectivity index (χ3v) is 5.22. The number of amides is 3. The van der Waals surface area contributed by atoms with E-state index in [2.05, 4.69) is 10.6 Å². The van der Waals surface area contributed by atoms with Crippen molar-refractivity contribution in [1.82, 2.24) is 5.32 Å². The first-order chi connectivity index (χ1) is 14.3. The van der Waals surface area contributed by atoms with Crippen LogP contribution in [0.3, 0.4) is 0 Å². The molecule has 1 aliphatic rings. The molecule has 0 radical (unpaired) electrons. The van der Waals surface area contributed by atoms with Crippen molar-refractivity contribution in [1.29, 1.82) is 5.26 Å². The Morgan fingerprint density at radius 1 is 1.17 bits per heavy atom. The average Bonchev–Trinajstić information content (AvgIpc) is 2.72. The van der Waals surface area contributed by atoms with Gasteiger partial charge in [0.1, 0.15) is 17.6 Å². The molecule has 150 valence electrons. The van der Waals surface area contributed by atoms with E-state index in [1.807, 2.05) is 0 Å². The molecule has 0 spiro atoms. The van der Waals surface area contributed by atoms with Gasteiger partial charge in [-0.3, -0.25) is 19.3 Å². The summed E-state index contributed by atoms with van der Waals surface area (Å²) in [7, 11) is 0. The number of nitrogens with zero attached hydrogens (tertiary/aromatic N) is 2. The molecular formula is C20H12Cl2N4O3S. The summed E-state index contributed by atoms with van der Waals surface area (Å²) in [6.45, 7) is 0. The molecule has 0 aliphatic carbocycles. The summed E-state index contributed by atoms with van der Waals surface area (Å²) < 4.78 is 0. The molecule has 0 aromatic heterocycles. The monoisotopic (exact) mass is 458 g/mol. The molecule has 1 heterocycles. The minimum Gasteiger partial charge on any atom is -0.320 e. The number of thiocarbonyl (C=S) groups is 1. The number of hydrogen-bond donors (Lipinski definition) is 2. The van der Waals surface area contributed by atoms with Gasteiger partial charge >= 0.3 is 0 Å². The van der Waals surface area contributed by atoms with Crippen LogP contribution in [0.5, 0.6) is 0 Å². The van der Waals surface area contributed by atoms with E-state index in [0.717, 1.165) is 11.0 Å². The Balaban J connectivity index is 1.90. The number of halogens is 2. The van der Waals surface area contributed by atoms with Crippen LogP contribution in [-0.2, 0) is 14.4 Å². The smallest absolute Gasteiger partial charge is 0.266 e. The van der Waals surface area contributed by atoms with Crippen LogP contribution in [0.15, 0.2) is 60.2 Å². The van der Waals surface area contributed by atoms with Crippen molar-refractivity contribution in [2.75, 3.05) is 10.2 Å². The molecule has 10 heteroatoms. The Morgan fingerprint density at radius 2 is 1.87 bits per heavy atom. The highest BCUT2D eigenvalue weighted by Crippen LogP contribution is 2.30. The number of para-hydroxylation sites is 1. The van der Waals surface area contributed by atoms with Gasteiger partial charge in [-0.05, 0) is 42.6 Å². The summed E-state index contributed by atoms with van der Waals surface area (Å²) in [5.74, 6) is -3.69. The normalized spacial score (nSPS) is 16.7. The van der Waals surface area contributed by atoms with Crippen molar-refractivity contribution in [2.24, 2.45) is 5.92 Å². The van der Waals surface area contributed by atoms with Crippen LogP contribution in [0.4, 0.5) is 11.4 Å². The molecule has 2 aromatic carbocycles. The Labute approximate surface area is 186 Å². The standard InChI is InChI=1S/C20H12Cl2N4O3S/c21-14-7-4-8-15(16(14)22)24-17(27)11(10-23)9-13-18(28)25-20(30)26(19(13)29)12-5-2-1-3-6-12/h1-9,13H,(H,24,27)(H,25,28,30)/b11-9-/t13-/m1/s1. The van der Waals surface area contributed by atoms with Crippen LogP contribution in [0.1, 0.15) is 0 Å². The van der Waals surface area contributed by atoms with Gasteiger partial charge < -0.3 is 10.6 Å². The molecule has 1 aliphatic heterocycles. The number of hydrogen-bond acceptors (Lipinski definition) is 5. The fraction of sp³-hybridized carbons (Fsp3) is 0.0500. The highest BCUT2D eigenvalue weighted by atomic mass is 35.5. The van der Waals surface area contributed by atoms with Crippen LogP contribution in [0.2, 0.25) is 10.0 Å². The largest absolute Gasteiger partial charge is 0.320 e. The van der Waals surface area contributed by atoms with Crippen molar-refractivity contribution in [3.05, 3.63) is 70.2 Å². The van der Waals surface area contributed by atoms with Crippen molar-refractivity contribution in [2.45, 2.75) is 0 Å². The van der Waals surface area contributed by atoms with Crippen LogP contribution >= 0.6 is 35.4 Å². The van der Waals surface area contributed by atoms with Gasteiger partial charge in [0, 0.05) is 0 Å². The highest BCUT2D eigenvalue weighted by molar-refractivity contribution is 7.80. The van der Waals surface area contributed by atoms with E-state index in [9.17, 15) is 19.6 Å². The zero-order valence-corrected chi connectivity index (χ0v) is 17.4. The van der Waals surface area contributed by atoms with Crippen molar-refractivity contribution in [3.8, 4) is 6.07 Å². The third kappa shape index (κ3) is 4.33. The molecule has 3 amide bonds. The van der Waals surface area contributed by atoms with Crippen molar-refractivity contribution >= 4 is 69.6 Å². The molecule has 1 fully saturated rings. The number of carbonyl (C=O) groups excluding carboxylic acids is 3. The SMILES string of the molecule is N#C/C(=C/[C@@H]1C(=O)NC(=S)N(c2ccccc2)C1=O)C(=O)Nc1cccc(Cl)c1Cl. The fourth-order valence-electron chi connectivity index (χ4n) is 2.68. The zero-order valence-electron chi connectivity index (χ0n) is 15.1.